The minimum Gasteiger partial charge on any atom is -0.387 e. The Morgan fingerprint density at radius 1 is 1.33 bits per heavy atom. The number of carbonyl (C=O) groups excluding carboxylic acids is 1. The molecule has 1 saturated heterocycles. The fourth-order valence-electron chi connectivity index (χ4n) is 3.69. The summed E-state index contributed by atoms with van der Waals surface area (Å²) in [4.78, 5) is 21.6. The smallest absolute Gasteiger partial charge is 0.255 e. The Balaban J connectivity index is 1.64. The quantitative estimate of drug-likeness (QED) is 0.404. The van der Waals surface area contributed by atoms with Crippen LogP contribution in [0.2, 0.25) is 0 Å². The zero-order valence-corrected chi connectivity index (χ0v) is 20.8. The standard InChI is InChI=1S/C23H26FN7O4S/c1-23(2,33)19(24)11-28-22(32)17-10-26-20(7-18(17)29-16-12-30(13-16)36(3,34)35)31-5-4-15-6-14(8-25)9-27-21(15)31/h4-7,9-10,16,19,33H,11-13H2,1-3H3,(H,26,29)(H,28,32). The number of aromatic nitrogens is 3. The third kappa shape index (κ3) is 5.30. The molecule has 0 bridgehead atoms. The molecule has 0 radical (unpaired) electrons. The first-order chi connectivity index (χ1) is 16.9. The van der Waals surface area contributed by atoms with Crippen molar-refractivity contribution in [1.29, 1.82) is 5.26 Å². The van der Waals surface area contributed by atoms with Crippen LogP contribution in [0, 0.1) is 11.3 Å². The fraction of sp³-hybridized carbons (Fsp3) is 0.391. The van der Waals surface area contributed by atoms with Gasteiger partial charge in [0.15, 0.2) is 0 Å². The third-order valence-corrected chi connectivity index (χ3v) is 7.16. The summed E-state index contributed by atoms with van der Waals surface area (Å²) in [5.74, 6) is -0.169. The van der Waals surface area contributed by atoms with Crippen LogP contribution in [0.4, 0.5) is 10.1 Å². The van der Waals surface area contributed by atoms with E-state index in [-0.39, 0.29) is 24.7 Å². The van der Waals surface area contributed by atoms with E-state index in [4.69, 9.17) is 5.26 Å². The Morgan fingerprint density at radius 2 is 2.06 bits per heavy atom. The number of anilines is 1. The van der Waals surface area contributed by atoms with Crippen LogP contribution in [-0.4, -0.2) is 82.0 Å². The maximum absolute atomic E-state index is 14.2. The van der Waals surface area contributed by atoms with E-state index < -0.39 is 34.2 Å². The number of hydrogen-bond donors (Lipinski definition) is 3. The van der Waals surface area contributed by atoms with Gasteiger partial charge in [0, 0.05) is 43.1 Å². The summed E-state index contributed by atoms with van der Waals surface area (Å²) in [5.41, 5.74) is -0.131. The van der Waals surface area contributed by atoms with Crippen LogP contribution >= 0.6 is 0 Å². The maximum Gasteiger partial charge on any atom is 0.255 e. The van der Waals surface area contributed by atoms with Crippen molar-refractivity contribution in [2.75, 3.05) is 31.2 Å². The highest BCUT2D eigenvalue weighted by Gasteiger charge is 2.34. The number of nitrogens with zero attached hydrogens (tertiary/aromatic N) is 5. The molecule has 1 unspecified atom stereocenters. The predicted octanol–water partition coefficient (Wildman–Crippen LogP) is 1.19. The predicted molar refractivity (Wildman–Crippen MR) is 131 cm³/mol. The van der Waals surface area contributed by atoms with E-state index in [0.717, 1.165) is 11.6 Å². The summed E-state index contributed by atoms with van der Waals surface area (Å²) in [6, 6.07) is 6.91. The highest BCUT2D eigenvalue weighted by Crippen LogP contribution is 2.25. The number of aliphatic hydroxyl groups is 1. The van der Waals surface area contributed by atoms with E-state index in [1.807, 2.05) is 6.07 Å². The number of halogens is 1. The number of amides is 1. The van der Waals surface area contributed by atoms with Gasteiger partial charge in [0.05, 0.1) is 41.3 Å². The number of fused-ring (bicyclic) bond motifs is 1. The van der Waals surface area contributed by atoms with Gasteiger partial charge in [0.2, 0.25) is 10.0 Å². The average molecular weight is 516 g/mol. The van der Waals surface area contributed by atoms with Gasteiger partial charge in [0.25, 0.3) is 5.91 Å². The van der Waals surface area contributed by atoms with Gasteiger partial charge in [-0.1, -0.05) is 0 Å². The third-order valence-electron chi connectivity index (χ3n) is 5.92. The first-order valence-electron chi connectivity index (χ1n) is 11.1. The van der Waals surface area contributed by atoms with Crippen LogP contribution in [0.25, 0.3) is 16.9 Å². The van der Waals surface area contributed by atoms with Gasteiger partial charge in [-0.25, -0.2) is 22.8 Å². The van der Waals surface area contributed by atoms with Crippen LogP contribution in [-0.2, 0) is 10.0 Å². The number of nitrogens with one attached hydrogen (secondary N) is 2. The topological polar surface area (TPSA) is 153 Å². The van der Waals surface area contributed by atoms with Crippen LogP contribution in [0.5, 0.6) is 0 Å². The highest BCUT2D eigenvalue weighted by atomic mass is 32.2. The van der Waals surface area contributed by atoms with E-state index in [1.54, 1.807) is 29.0 Å². The van der Waals surface area contributed by atoms with E-state index in [9.17, 15) is 22.7 Å². The maximum atomic E-state index is 14.2. The lowest BCUT2D eigenvalue weighted by Crippen LogP contribution is -2.56. The molecule has 1 aliphatic rings. The number of alkyl halides is 1. The number of sulfonamides is 1. The highest BCUT2D eigenvalue weighted by molar-refractivity contribution is 7.88. The molecule has 4 heterocycles. The molecule has 1 atom stereocenters. The van der Waals surface area contributed by atoms with Crippen molar-refractivity contribution in [2.24, 2.45) is 0 Å². The molecule has 13 heteroatoms. The van der Waals surface area contributed by atoms with Gasteiger partial charge < -0.3 is 15.7 Å². The summed E-state index contributed by atoms with van der Waals surface area (Å²) in [5, 5.41) is 25.3. The van der Waals surface area contributed by atoms with Crippen molar-refractivity contribution in [1.82, 2.24) is 24.2 Å². The van der Waals surface area contributed by atoms with Crippen LogP contribution in [0.3, 0.4) is 0 Å². The van der Waals surface area contributed by atoms with Crippen molar-refractivity contribution >= 4 is 32.7 Å². The normalized spacial score (nSPS) is 15.8. The fourth-order valence-corrected chi connectivity index (χ4v) is 4.60. The Morgan fingerprint density at radius 3 is 2.69 bits per heavy atom. The molecule has 1 aliphatic heterocycles. The molecule has 3 aromatic rings. The average Bonchev–Trinajstić information content (AvgIpc) is 3.20. The Labute approximate surface area is 207 Å². The first kappa shape index (κ1) is 25.5. The van der Waals surface area contributed by atoms with Gasteiger partial charge in [-0.15, -0.1) is 0 Å². The van der Waals surface area contributed by atoms with Crippen molar-refractivity contribution < 1.29 is 22.7 Å². The molecule has 3 aromatic heterocycles. The molecule has 0 aromatic carbocycles. The summed E-state index contributed by atoms with van der Waals surface area (Å²) in [7, 11) is -3.32. The molecule has 4 rings (SSSR count). The van der Waals surface area contributed by atoms with Crippen LogP contribution in [0.15, 0.2) is 36.8 Å². The molecule has 190 valence electrons. The number of nitriles is 1. The Hall–Kier alpha value is -3.60. The molecular formula is C23H26FN7O4S. The van der Waals surface area contributed by atoms with Gasteiger partial charge in [-0.3, -0.25) is 9.36 Å². The lowest BCUT2D eigenvalue weighted by atomic mass is 10.0. The van der Waals surface area contributed by atoms with Gasteiger partial charge in [0.1, 0.15) is 23.7 Å². The van der Waals surface area contributed by atoms with Gasteiger partial charge >= 0.3 is 0 Å². The number of rotatable bonds is 8. The lowest BCUT2D eigenvalue weighted by Gasteiger charge is -2.38. The van der Waals surface area contributed by atoms with Crippen LogP contribution in [0.1, 0.15) is 29.8 Å². The summed E-state index contributed by atoms with van der Waals surface area (Å²) in [6.45, 7) is 2.68. The summed E-state index contributed by atoms with van der Waals surface area (Å²) >= 11 is 0. The minimum absolute atomic E-state index is 0.135. The van der Waals surface area contributed by atoms with Crippen LogP contribution < -0.4 is 10.6 Å². The molecule has 11 nitrogen and oxygen atoms in total. The SMILES string of the molecule is CC(C)(O)C(F)CNC(=O)c1cnc(-n2ccc3cc(C#N)cnc32)cc1NC1CN(S(C)(=O)=O)C1. The summed E-state index contributed by atoms with van der Waals surface area (Å²) in [6.07, 6.45) is 3.97. The molecule has 3 N–H and O–H groups in total. The zero-order chi connectivity index (χ0) is 26.3. The molecule has 0 saturated carbocycles. The zero-order valence-electron chi connectivity index (χ0n) is 19.9. The number of hydrogen-bond acceptors (Lipinski definition) is 8. The monoisotopic (exact) mass is 515 g/mol. The molecule has 1 amide bonds. The van der Waals surface area contributed by atoms with E-state index >= 15 is 0 Å². The van der Waals surface area contributed by atoms with Crippen molar-refractivity contribution in [2.45, 2.75) is 31.7 Å². The van der Waals surface area contributed by atoms with Gasteiger partial charge in [-0.2, -0.15) is 9.57 Å². The lowest BCUT2D eigenvalue weighted by molar-refractivity contribution is -0.00177. The largest absolute Gasteiger partial charge is 0.387 e. The number of pyridine rings is 2. The Kier molecular flexibility index (Phi) is 6.70. The number of carbonyl (C=O) groups is 1. The molecular weight excluding hydrogens is 489 g/mol. The van der Waals surface area contributed by atoms with Crippen molar-refractivity contribution in [3.8, 4) is 11.9 Å². The first-order valence-corrected chi connectivity index (χ1v) is 13.0. The van der Waals surface area contributed by atoms with Crippen molar-refractivity contribution in [3.05, 3.63) is 47.9 Å². The molecule has 1 fully saturated rings. The van der Waals surface area contributed by atoms with E-state index in [0.29, 0.717) is 22.7 Å². The van der Waals surface area contributed by atoms with E-state index in [1.165, 1.54) is 30.5 Å². The second-order valence-corrected chi connectivity index (χ2v) is 11.3. The minimum atomic E-state index is -3.32. The van der Waals surface area contributed by atoms with E-state index in [2.05, 4.69) is 20.6 Å². The second kappa shape index (κ2) is 9.45. The van der Waals surface area contributed by atoms with Gasteiger partial charge in [-0.05, 0) is 26.0 Å². The van der Waals surface area contributed by atoms with Crippen molar-refractivity contribution in [3.63, 3.8) is 0 Å². The molecule has 0 aliphatic carbocycles. The summed E-state index contributed by atoms with van der Waals surface area (Å²) < 4.78 is 40.6. The Bertz CT molecular complexity index is 1450. The molecule has 36 heavy (non-hydrogen) atoms. The second-order valence-electron chi connectivity index (χ2n) is 9.27. The molecule has 0 spiro atoms.